The highest BCUT2D eigenvalue weighted by atomic mass is 16.5. The number of aliphatic hydroxyl groups excluding tert-OH is 1. The van der Waals surface area contributed by atoms with Gasteiger partial charge < -0.3 is 14.7 Å². The van der Waals surface area contributed by atoms with E-state index in [1.165, 1.54) is 0 Å². The van der Waals surface area contributed by atoms with Crippen molar-refractivity contribution in [3.8, 4) is 5.75 Å². The largest absolute Gasteiger partial charge is 0.507 e. The number of Topliss-reactive ketones (excluding diaryl/α,β-unsaturated/α-hetero) is 1. The molecule has 1 unspecified atom stereocenters. The second-order valence-corrected chi connectivity index (χ2v) is 7.68. The lowest BCUT2D eigenvalue weighted by Gasteiger charge is -2.26. The van der Waals surface area contributed by atoms with Crippen LogP contribution in [0.5, 0.6) is 5.75 Å². The van der Waals surface area contributed by atoms with Gasteiger partial charge in [-0.1, -0.05) is 38.1 Å². The molecular formula is C25H29NO4. The fraction of sp³-hybridized carbons (Fsp3) is 0.360. The zero-order valence-electron chi connectivity index (χ0n) is 18.1. The van der Waals surface area contributed by atoms with E-state index in [2.05, 4.69) is 0 Å². The number of aliphatic hydroxyl groups is 1. The Kier molecular flexibility index (Phi) is 6.60. The number of amides is 1. The molecule has 1 N–H and O–H groups in total. The van der Waals surface area contributed by atoms with Crippen LogP contribution in [0.2, 0.25) is 0 Å². The number of rotatable bonds is 7. The number of nitrogens with zero attached hydrogens (tertiary/aromatic N) is 1. The highest BCUT2D eigenvalue weighted by Crippen LogP contribution is 2.40. The summed E-state index contributed by atoms with van der Waals surface area (Å²) < 4.78 is 5.71. The maximum absolute atomic E-state index is 13.0. The molecule has 1 fully saturated rings. The molecule has 1 aliphatic heterocycles. The first kappa shape index (κ1) is 21.6. The first-order valence-electron chi connectivity index (χ1n) is 10.5. The Morgan fingerprint density at radius 2 is 1.77 bits per heavy atom. The van der Waals surface area contributed by atoms with E-state index in [0.717, 1.165) is 35.3 Å². The number of benzene rings is 2. The molecule has 3 rings (SSSR count). The highest BCUT2D eigenvalue weighted by molar-refractivity contribution is 6.46. The van der Waals surface area contributed by atoms with E-state index >= 15 is 0 Å². The molecule has 1 heterocycles. The fourth-order valence-electron chi connectivity index (χ4n) is 3.89. The van der Waals surface area contributed by atoms with Crippen LogP contribution in [0, 0.1) is 13.8 Å². The van der Waals surface area contributed by atoms with Gasteiger partial charge in [-0.2, -0.15) is 0 Å². The first-order valence-corrected chi connectivity index (χ1v) is 10.5. The van der Waals surface area contributed by atoms with E-state index < -0.39 is 17.7 Å². The number of ether oxygens (including phenoxy) is 1. The van der Waals surface area contributed by atoms with Crippen molar-refractivity contribution in [2.24, 2.45) is 0 Å². The van der Waals surface area contributed by atoms with E-state index in [9.17, 15) is 14.7 Å². The summed E-state index contributed by atoms with van der Waals surface area (Å²) in [7, 11) is 0. The Hall–Kier alpha value is -3.08. The van der Waals surface area contributed by atoms with Crippen molar-refractivity contribution in [3.05, 3.63) is 70.3 Å². The van der Waals surface area contributed by atoms with Crippen LogP contribution in [0.1, 0.15) is 55.0 Å². The topological polar surface area (TPSA) is 66.8 Å². The summed E-state index contributed by atoms with van der Waals surface area (Å²) >= 11 is 0. The van der Waals surface area contributed by atoms with Gasteiger partial charge in [0.15, 0.2) is 0 Å². The van der Waals surface area contributed by atoms with Crippen LogP contribution in [0.4, 0.5) is 0 Å². The van der Waals surface area contributed by atoms with Crippen molar-refractivity contribution in [2.75, 3.05) is 13.2 Å². The predicted molar refractivity (Wildman–Crippen MR) is 117 cm³/mol. The van der Waals surface area contributed by atoms with Gasteiger partial charge in [0.2, 0.25) is 0 Å². The molecule has 1 amide bonds. The van der Waals surface area contributed by atoms with Crippen molar-refractivity contribution < 1.29 is 19.4 Å². The minimum Gasteiger partial charge on any atom is -0.507 e. The Labute approximate surface area is 178 Å². The lowest BCUT2D eigenvalue weighted by Crippen LogP contribution is -2.30. The van der Waals surface area contributed by atoms with Gasteiger partial charge in [-0.15, -0.1) is 0 Å². The Bertz CT molecular complexity index is 992. The van der Waals surface area contributed by atoms with Crippen molar-refractivity contribution in [1.82, 2.24) is 4.90 Å². The molecule has 0 bridgehead atoms. The van der Waals surface area contributed by atoms with Gasteiger partial charge in [0, 0.05) is 12.1 Å². The number of carbonyl (C=O) groups is 2. The molecule has 5 heteroatoms. The molecule has 0 aliphatic carbocycles. The quantitative estimate of drug-likeness (QED) is 0.402. The molecule has 2 aromatic carbocycles. The Morgan fingerprint density at radius 1 is 1.03 bits per heavy atom. The minimum atomic E-state index is -0.641. The van der Waals surface area contributed by atoms with Crippen molar-refractivity contribution in [1.29, 1.82) is 0 Å². The van der Waals surface area contributed by atoms with Crippen LogP contribution >= 0.6 is 0 Å². The molecule has 2 aromatic rings. The van der Waals surface area contributed by atoms with Crippen LogP contribution in [-0.2, 0) is 9.59 Å². The Balaban J connectivity index is 2.13. The molecular weight excluding hydrogens is 378 g/mol. The molecule has 1 atom stereocenters. The van der Waals surface area contributed by atoms with Gasteiger partial charge in [0.25, 0.3) is 11.7 Å². The number of hydrogen-bond acceptors (Lipinski definition) is 4. The smallest absolute Gasteiger partial charge is 0.295 e. The van der Waals surface area contributed by atoms with Gasteiger partial charge in [0.1, 0.15) is 11.5 Å². The molecule has 0 radical (unpaired) electrons. The van der Waals surface area contributed by atoms with Gasteiger partial charge in [-0.05, 0) is 61.6 Å². The average molecular weight is 408 g/mol. The number of carbonyl (C=O) groups excluding carboxylic acids is 2. The van der Waals surface area contributed by atoms with E-state index in [0.29, 0.717) is 18.7 Å². The second-order valence-electron chi connectivity index (χ2n) is 7.68. The SMILES string of the molecule is CCCOc1ccc(/C(O)=C2\C(=O)C(=O)N(CCC)C2c2ccccc2C)cc1C. The van der Waals surface area contributed by atoms with Crippen LogP contribution in [-0.4, -0.2) is 34.8 Å². The summed E-state index contributed by atoms with van der Waals surface area (Å²) in [6.45, 7) is 8.91. The standard InChI is InChI=1S/C25H29NO4/c1-5-13-26-22(19-10-8-7-9-16(19)3)21(24(28)25(26)29)23(27)18-11-12-20(17(4)15-18)30-14-6-2/h7-12,15,22,27H,5-6,13-14H2,1-4H3/b23-21+. The summed E-state index contributed by atoms with van der Waals surface area (Å²) in [5, 5.41) is 11.1. The number of likely N-dealkylation sites (tertiary alicyclic amines) is 1. The number of aryl methyl sites for hydroxylation is 2. The van der Waals surface area contributed by atoms with Crippen LogP contribution in [0.3, 0.4) is 0 Å². The third kappa shape index (κ3) is 3.97. The number of ketones is 1. The monoisotopic (exact) mass is 407 g/mol. The van der Waals surface area contributed by atoms with Crippen LogP contribution < -0.4 is 4.74 Å². The molecule has 5 nitrogen and oxygen atoms in total. The zero-order valence-corrected chi connectivity index (χ0v) is 18.1. The first-order chi connectivity index (χ1) is 14.4. The van der Waals surface area contributed by atoms with E-state index in [4.69, 9.17) is 4.74 Å². The molecule has 0 spiro atoms. The third-order valence-electron chi connectivity index (χ3n) is 5.40. The van der Waals surface area contributed by atoms with Crippen LogP contribution in [0.25, 0.3) is 5.76 Å². The minimum absolute atomic E-state index is 0.143. The van der Waals surface area contributed by atoms with Gasteiger partial charge in [0.05, 0.1) is 18.2 Å². The van der Waals surface area contributed by atoms with E-state index in [1.54, 1.807) is 23.1 Å². The molecule has 30 heavy (non-hydrogen) atoms. The van der Waals surface area contributed by atoms with Crippen LogP contribution in [0.15, 0.2) is 48.0 Å². The molecule has 1 aliphatic rings. The second kappa shape index (κ2) is 9.16. The number of hydrogen-bond donors (Lipinski definition) is 1. The summed E-state index contributed by atoms with van der Waals surface area (Å²) in [5.74, 6) is -0.606. The van der Waals surface area contributed by atoms with Gasteiger partial charge in [-0.25, -0.2) is 0 Å². The van der Waals surface area contributed by atoms with Crippen molar-refractivity contribution in [3.63, 3.8) is 0 Å². The molecule has 158 valence electrons. The molecule has 1 saturated heterocycles. The lowest BCUT2D eigenvalue weighted by molar-refractivity contribution is -0.139. The summed E-state index contributed by atoms with van der Waals surface area (Å²) in [4.78, 5) is 27.3. The molecule has 0 aromatic heterocycles. The zero-order chi connectivity index (χ0) is 21.8. The fourth-order valence-corrected chi connectivity index (χ4v) is 3.89. The lowest BCUT2D eigenvalue weighted by atomic mass is 9.92. The highest BCUT2D eigenvalue weighted by Gasteiger charge is 2.46. The van der Waals surface area contributed by atoms with Crippen molar-refractivity contribution in [2.45, 2.75) is 46.6 Å². The van der Waals surface area contributed by atoms with E-state index in [1.807, 2.05) is 52.0 Å². The third-order valence-corrected chi connectivity index (χ3v) is 5.40. The summed E-state index contributed by atoms with van der Waals surface area (Å²) in [6, 6.07) is 12.4. The molecule has 0 saturated carbocycles. The van der Waals surface area contributed by atoms with E-state index in [-0.39, 0.29) is 11.3 Å². The summed E-state index contributed by atoms with van der Waals surface area (Å²) in [6.07, 6.45) is 1.62. The average Bonchev–Trinajstić information content (AvgIpc) is 2.98. The van der Waals surface area contributed by atoms with Gasteiger partial charge in [-0.3, -0.25) is 9.59 Å². The maximum Gasteiger partial charge on any atom is 0.295 e. The maximum atomic E-state index is 13.0. The summed E-state index contributed by atoms with van der Waals surface area (Å²) in [5.41, 5.74) is 3.33. The Morgan fingerprint density at radius 3 is 2.40 bits per heavy atom. The predicted octanol–water partition coefficient (Wildman–Crippen LogP) is 4.92. The van der Waals surface area contributed by atoms with Gasteiger partial charge >= 0.3 is 0 Å². The van der Waals surface area contributed by atoms with Crippen molar-refractivity contribution >= 4 is 17.4 Å². The normalized spacial score (nSPS) is 18.1.